The Hall–Kier alpha value is -1.92. The van der Waals surface area contributed by atoms with Gasteiger partial charge in [0.05, 0.1) is 0 Å². The van der Waals surface area contributed by atoms with Crippen LogP contribution in [0.1, 0.15) is 59.3 Å². The van der Waals surface area contributed by atoms with E-state index in [0.29, 0.717) is 11.7 Å². The molecule has 0 aliphatic rings. The number of hydrogen-bond acceptors (Lipinski definition) is 2. The highest BCUT2D eigenvalue weighted by Crippen LogP contribution is 2.31. The quantitative estimate of drug-likeness (QED) is 0.522. The maximum absolute atomic E-state index is 12.1. The molecule has 0 aliphatic heterocycles. The third-order valence-corrected chi connectivity index (χ3v) is 5.75. The molecule has 1 unspecified atom stereocenters. The van der Waals surface area contributed by atoms with Crippen molar-refractivity contribution in [3.8, 4) is 0 Å². The molecule has 0 amide bonds. The standard InChI is InChI=1S/C14H21O2P.C9H10/c1-5-6-7-17(16)14(15)13-11(3)8-10(2)9-12(13)4;1-8(2)9-6-4-3-5-7-9/h8-9,17H,5-7H2,1-4H3;3-7H,1H2,2H3. The van der Waals surface area contributed by atoms with Crippen LogP contribution in [0.3, 0.4) is 0 Å². The highest BCUT2D eigenvalue weighted by molar-refractivity contribution is 7.64. The van der Waals surface area contributed by atoms with Gasteiger partial charge in [-0.15, -0.1) is 0 Å². The lowest BCUT2D eigenvalue weighted by atomic mass is 10.0. The average Bonchev–Trinajstić information content (AvgIpc) is 2.60. The minimum absolute atomic E-state index is 0.140. The fraction of sp³-hybridized carbons (Fsp3) is 0.348. The maximum atomic E-state index is 12.1. The van der Waals surface area contributed by atoms with E-state index in [1.807, 2.05) is 65.0 Å². The normalized spacial score (nSPS) is 11.3. The molecule has 0 saturated carbocycles. The zero-order chi connectivity index (χ0) is 19.7. The summed E-state index contributed by atoms with van der Waals surface area (Å²) >= 11 is 0. The fourth-order valence-corrected chi connectivity index (χ4v) is 4.43. The highest BCUT2D eigenvalue weighted by Gasteiger charge is 2.18. The lowest BCUT2D eigenvalue weighted by molar-refractivity contribution is 0.107. The summed E-state index contributed by atoms with van der Waals surface area (Å²) < 4.78 is 11.9. The lowest BCUT2D eigenvalue weighted by Gasteiger charge is -2.10. The van der Waals surface area contributed by atoms with Crippen LogP contribution in [0.25, 0.3) is 5.57 Å². The maximum Gasteiger partial charge on any atom is 0.219 e. The van der Waals surface area contributed by atoms with Crippen molar-refractivity contribution in [2.24, 2.45) is 0 Å². The average molecular weight is 370 g/mol. The number of aryl methyl sites for hydroxylation is 3. The first kappa shape index (κ1) is 22.1. The highest BCUT2D eigenvalue weighted by atomic mass is 31.1. The first-order chi connectivity index (χ1) is 12.3. The smallest absolute Gasteiger partial charge is 0.219 e. The van der Waals surface area contributed by atoms with Gasteiger partial charge in [-0.25, -0.2) is 0 Å². The fourth-order valence-electron chi connectivity index (χ4n) is 2.85. The molecule has 0 aromatic heterocycles. The van der Waals surface area contributed by atoms with Crippen molar-refractivity contribution >= 4 is 18.9 Å². The van der Waals surface area contributed by atoms with E-state index in [1.54, 1.807) is 0 Å². The number of benzene rings is 2. The molecule has 1 atom stereocenters. The molecule has 0 radical (unpaired) electrons. The van der Waals surface area contributed by atoms with Crippen molar-refractivity contribution in [1.82, 2.24) is 0 Å². The number of carbonyl (C=O) groups excluding carboxylic acids is 1. The second-order valence-corrected chi connectivity index (χ2v) is 8.58. The third-order valence-electron chi connectivity index (χ3n) is 4.18. The second-order valence-electron chi connectivity index (χ2n) is 6.78. The monoisotopic (exact) mass is 370 g/mol. The Morgan fingerprint density at radius 3 is 2.00 bits per heavy atom. The topological polar surface area (TPSA) is 34.1 Å². The largest absolute Gasteiger partial charge is 0.318 e. The van der Waals surface area contributed by atoms with Crippen LogP contribution in [-0.4, -0.2) is 11.7 Å². The van der Waals surface area contributed by atoms with Crippen LogP contribution in [-0.2, 0) is 4.57 Å². The van der Waals surface area contributed by atoms with Crippen LogP contribution in [0, 0.1) is 20.8 Å². The summed E-state index contributed by atoms with van der Waals surface area (Å²) in [6.07, 6.45) is 2.40. The Kier molecular flexibility index (Phi) is 9.30. The van der Waals surface area contributed by atoms with Gasteiger partial charge >= 0.3 is 0 Å². The van der Waals surface area contributed by atoms with Crippen LogP contribution in [0.2, 0.25) is 0 Å². The Morgan fingerprint density at radius 1 is 1.04 bits per heavy atom. The van der Waals surface area contributed by atoms with E-state index in [4.69, 9.17) is 0 Å². The summed E-state index contributed by atoms with van der Waals surface area (Å²) in [7, 11) is -2.13. The summed E-state index contributed by atoms with van der Waals surface area (Å²) in [5.41, 5.74) is 5.91. The minimum atomic E-state index is -2.13. The zero-order valence-corrected chi connectivity index (χ0v) is 17.7. The van der Waals surface area contributed by atoms with Crippen molar-refractivity contribution in [3.63, 3.8) is 0 Å². The van der Waals surface area contributed by atoms with E-state index in [9.17, 15) is 9.36 Å². The first-order valence-corrected chi connectivity index (χ1v) is 10.8. The SMILES string of the molecule is C=C(C)c1ccccc1.CCCC[PH](=O)C(=O)c1c(C)cc(C)cc1C. The van der Waals surface area contributed by atoms with E-state index in [1.165, 1.54) is 5.56 Å². The first-order valence-electron chi connectivity index (χ1n) is 9.14. The molecule has 0 fully saturated rings. The van der Waals surface area contributed by atoms with Gasteiger partial charge in [0.25, 0.3) is 0 Å². The Balaban J connectivity index is 0.000000314. The van der Waals surface area contributed by atoms with Gasteiger partial charge in [-0.3, -0.25) is 4.79 Å². The molecule has 2 aromatic carbocycles. The van der Waals surface area contributed by atoms with Crippen molar-refractivity contribution in [1.29, 1.82) is 0 Å². The van der Waals surface area contributed by atoms with Crippen LogP contribution >= 0.6 is 7.80 Å². The molecule has 0 aliphatic carbocycles. The second kappa shape index (κ2) is 10.9. The Bertz CT molecular complexity index is 753. The molecule has 3 heteroatoms. The molecular formula is C23H31O2P. The van der Waals surface area contributed by atoms with Crippen LogP contribution in [0.5, 0.6) is 0 Å². The minimum Gasteiger partial charge on any atom is -0.318 e. The summed E-state index contributed by atoms with van der Waals surface area (Å²) in [5.74, 6) is 0. The van der Waals surface area contributed by atoms with Gasteiger partial charge in [0.15, 0.2) is 0 Å². The van der Waals surface area contributed by atoms with Gasteiger partial charge in [0.1, 0.15) is 7.80 Å². The Morgan fingerprint density at radius 2 is 1.58 bits per heavy atom. The number of carbonyl (C=O) groups is 1. The van der Waals surface area contributed by atoms with Gasteiger partial charge in [-0.05, 0) is 50.8 Å². The lowest BCUT2D eigenvalue weighted by Crippen LogP contribution is -2.02. The van der Waals surface area contributed by atoms with Crippen molar-refractivity contribution in [2.75, 3.05) is 6.16 Å². The number of unbranched alkanes of at least 4 members (excludes halogenated alkanes) is 1. The van der Waals surface area contributed by atoms with Gasteiger partial charge in [0.2, 0.25) is 5.52 Å². The van der Waals surface area contributed by atoms with Crippen molar-refractivity contribution < 1.29 is 9.36 Å². The summed E-state index contributed by atoms with van der Waals surface area (Å²) in [6.45, 7) is 13.7. The molecular weight excluding hydrogens is 339 g/mol. The molecule has 0 saturated heterocycles. The van der Waals surface area contributed by atoms with Gasteiger partial charge in [-0.2, -0.15) is 0 Å². The predicted octanol–water partition coefficient (Wildman–Crippen LogP) is 6.83. The molecule has 0 spiro atoms. The molecule has 140 valence electrons. The van der Waals surface area contributed by atoms with E-state index in [0.717, 1.165) is 35.1 Å². The van der Waals surface area contributed by atoms with E-state index >= 15 is 0 Å². The van der Waals surface area contributed by atoms with Crippen LogP contribution in [0.4, 0.5) is 0 Å². The van der Waals surface area contributed by atoms with Gasteiger partial charge < -0.3 is 4.57 Å². The van der Waals surface area contributed by atoms with Crippen LogP contribution in [0.15, 0.2) is 49.0 Å². The predicted molar refractivity (Wildman–Crippen MR) is 115 cm³/mol. The van der Waals surface area contributed by atoms with Crippen molar-refractivity contribution in [2.45, 2.75) is 47.5 Å². The molecule has 2 nitrogen and oxygen atoms in total. The number of rotatable bonds is 6. The van der Waals surface area contributed by atoms with Crippen LogP contribution < -0.4 is 0 Å². The zero-order valence-electron chi connectivity index (χ0n) is 16.7. The summed E-state index contributed by atoms with van der Waals surface area (Å²) in [5, 5.41) is 0. The third kappa shape index (κ3) is 6.77. The summed E-state index contributed by atoms with van der Waals surface area (Å²) in [4.78, 5) is 12.1. The summed E-state index contributed by atoms with van der Waals surface area (Å²) in [6, 6.07) is 14.1. The molecule has 0 bridgehead atoms. The molecule has 2 rings (SSSR count). The Labute approximate surface area is 159 Å². The van der Waals surface area contributed by atoms with Crippen molar-refractivity contribution in [3.05, 3.63) is 76.9 Å². The molecule has 0 heterocycles. The number of hydrogen-bond donors (Lipinski definition) is 0. The van der Waals surface area contributed by atoms with E-state index < -0.39 is 7.80 Å². The van der Waals surface area contributed by atoms with E-state index in [2.05, 4.69) is 18.7 Å². The molecule has 26 heavy (non-hydrogen) atoms. The molecule has 2 aromatic rings. The van der Waals surface area contributed by atoms with Gasteiger partial charge in [0, 0.05) is 11.7 Å². The number of allylic oxidation sites excluding steroid dienone is 1. The van der Waals surface area contributed by atoms with E-state index in [-0.39, 0.29) is 5.52 Å². The van der Waals surface area contributed by atoms with Gasteiger partial charge in [-0.1, -0.05) is 73.5 Å². The molecule has 0 N–H and O–H groups in total.